The number of carbonyl (C=O) groups is 1. The largest absolute Gasteiger partial charge is 0.348 e. The molecule has 26 heavy (non-hydrogen) atoms. The average molecular weight is 371 g/mol. The molecular formula is C20H26N4OS. The Morgan fingerprint density at radius 3 is 2.85 bits per heavy atom. The van der Waals surface area contributed by atoms with E-state index in [1.165, 1.54) is 34.7 Å². The Hall–Kier alpha value is -1.66. The first-order valence-corrected chi connectivity index (χ1v) is 10.7. The molecule has 0 saturated carbocycles. The van der Waals surface area contributed by atoms with Gasteiger partial charge < -0.3 is 9.88 Å². The molecule has 2 aromatic rings. The van der Waals surface area contributed by atoms with Crippen molar-refractivity contribution in [2.45, 2.75) is 50.5 Å². The normalized spacial score (nSPS) is 22.3. The standard InChI is InChI=1S/C20H26N4OS/c1-23-9-6-16-18(22-13-21-16)20(23)7-10-24(11-8-20)19(25)15-12-26-17-5-3-2-4-14(15)17/h12-13H,2-11H2,1H3,(H,21,22). The number of rotatable bonds is 1. The summed E-state index contributed by atoms with van der Waals surface area (Å²) in [6.45, 7) is 2.70. The molecule has 1 N–H and O–H groups in total. The number of likely N-dealkylation sites (N-methyl/N-ethyl adjacent to an activating group) is 1. The number of fused-ring (bicyclic) bond motifs is 3. The second-order valence-electron chi connectivity index (χ2n) is 7.98. The number of aromatic amines is 1. The van der Waals surface area contributed by atoms with Crippen LogP contribution in [0.5, 0.6) is 0 Å². The molecule has 1 fully saturated rings. The second kappa shape index (κ2) is 6.20. The van der Waals surface area contributed by atoms with E-state index in [4.69, 9.17) is 0 Å². The molecule has 6 heteroatoms. The SMILES string of the molecule is CN1CCc2[nH]cnc2C12CCN(C(=O)c1csc3c1CCCC3)CC2. The lowest BCUT2D eigenvalue weighted by molar-refractivity contribution is 0.0225. The van der Waals surface area contributed by atoms with E-state index < -0.39 is 0 Å². The van der Waals surface area contributed by atoms with E-state index in [1.54, 1.807) is 11.3 Å². The number of nitrogens with one attached hydrogen (secondary N) is 1. The molecule has 5 nitrogen and oxygen atoms in total. The maximum Gasteiger partial charge on any atom is 0.254 e. The van der Waals surface area contributed by atoms with Crippen molar-refractivity contribution in [1.82, 2.24) is 19.8 Å². The predicted octanol–water partition coefficient (Wildman–Crippen LogP) is 2.97. The minimum absolute atomic E-state index is 0.00155. The van der Waals surface area contributed by atoms with Gasteiger partial charge >= 0.3 is 0 Å². The molecule has 1 saturated heterocycles. The van der Waals surface area contributed by atoms with E-state index in [9.17, 15) is 4.79 Å². The number of H-pyrrole nitrogens is 1. The molecule has 1 aliphatic carbocycles. The van der Waals surface area contributed by atoms with Crippen molar-refractivity contribution in [1.29, 1.82) is 0 Å². The highest BCUT2D eigenvalue weighted by atomic mass is 32.1. The van der Waals surface area contributed by atoms with Crippen LogP contribution in [0.4, 0.5) is 0 Å². The number of nitrogens with zero attached hydrogens (tertiary/aromatic N) is 3. The molecule has 3 aliphatic rings. The lowest BCUT2D eigenvalue weighted by Gasteiger charge is -2.49. The summed E-state index contributed by atoms with van der Waals surface area (Å²) in [4.78, 5) is 27.2. The zero-order chi connectivity index (χ0) is 17.7. The Bertz CT molecular complexity index is 831. The quantitative estimate of drug-likeness (QED) is 0.840. The minimum atomic E-state index is -0.00155. The number of likely N-dealkylation sites (tertiary alicyclic amines) is 1. The Kier molecular flexibility index (Phi) is 3.94. The summed E-state index contributed by atoms with van der Waals surface area (Å²) in [5.41, 5.74) is 4.83. The number of aryl methyl sites for hydroxylation is 1. The fraction of sp³-hybridized carbons (Fsp3) is 0.600. The number of imidazole rings is 1. The molecule has 4 heterocycles. The van der Waals surface area contributed by atoms with E-state index in [0.29, 0.717) is 0 Å². The van der Waals surface area contributed by atoms with Crippen molar-refractivity contribution >= 4 is 17.2 Å². The van der Waals surface area contributed by atoms with Crippen molar-refractivity contribution < 1.29 is 4.79 Å². The summed E-state index contributed by atoms with van der Waals surface area (Å²) >= 11 is 1.79. The van der Waals surface area contributed by atoms with Gasteiger partial charge in [0.2, 0.25) is 0 Å². The van der Waals surface area contributed by atoms with Crippen LogP contribution in [0.2, 0.25) is 0 Å². The molecule has 1 spiro atoms. The number of hydrogen-bond donors (Lipinski definition) is 1. The van der Waals surface area contributed by atoms with Crippen LogP contribution in [0.25, 0.3) is 0 Å². The highest BCUT2D eigenvalue weighted by Crippen LogP contribution is 2.41. The maximum absolute atomic E-state index is 13.2. The molecular weight excluding hydrogens is 344 g/mol. The van der Waals surface area contributed by atoms with E-state index in [0.717, 1.165) is 57.3 Å². The number of thiophene rings is 1. The van der Waals surface area contributed by atoms with E-state index in [1.807, 2.05) is 6.33 Å². The van der Waals surface area contributed by atoms with Gasteiger partial charge in [-0.15, -0.1) is 11.3 Å². The summed E-state index contributed by atoms with van der Waals surface area (Å²) in [5.74, 6) is 0.250. The van der Waals surface area contributed by atoms with Gasteiger partial charge in [0.25, 0.3) is 5.91 Å². The molecule has 1 amide bonds. The van der Waals surface area contributed by atoms with Gasteiger partial charge in [-0.2, -0.15) is 0 Å². The number of piperidine rings is 1. The third-order valence-corrected chi connectivity index (χ3v) is 7.85. The minimum Gasteiger partial charge on any atom is -0.348 e. The Labute approximate surface area is 158 Å². The molecule has 0 bridgehead atoms. The van der Waals surface area contributed by atoms with Gasteiger partial charge in [-0.05, 0) is 51.1 Å². The van der Waals surface area contributed by atoms with Crippen LogP contribution in [0, 0.1) is 0 Å². The molecule has 0 atom stereocenters. The van der Waals surface area contributed by atoms with E-state index in [-0.39, 0.29) is 11.4 Å². The lowest BCUT2D eigenvalue weighted by atomic mass is 9.79. The second-order valence-corrected chi connectivity index (χ2v) is 8.95. The van der Waals surface area contributed by atoms with Crippen LogP contribution < -0.4 is 0 Å². The molecule has 0 aromatic carbocycles. The van der Waals surface area contributed by atoms with Crippen LogP contribution in [-0.4, -0.2) is 52.4 Å². The molecule has 5 rings (SSSR count). The number of carbonyl (C=O) groups excluding carboxylic acids is 1. The van der Waals surface area contributed by atoms with Crippen LogP contribution in [-0.2, 0) is 24.8 Å². The Morgan fingerprint density at radius 1 is 1.19 bits per heavy atom. The van der Waals surface area contributed by atoms with Gasteiger partial charge in [-0.3, -0.25) is 9.69 Å². The summed E-state index contributed by atoms with van der Waals surface area (Å²) in [6.07, 6.45) is 9.54. The van der Waals surface area contributed by atoms with Gasteiger partial charge in [-0.25, -0.2) is 4.98 Å². The first-order valence-electron chi connectivity index (χ1n) is 9.81. The highest BCUT2D eigenvalue weighted by molar-refractivity contribution is 7.10. The van der Waals surface area contributed by atoms with Crippen molar-refractivity contribution in [3.05, 3.63) is 39.1 Å². The summed E-state index contributed by atoms with van der Waals surface area (Å²) in [7, 11) is 2.21. The van der Waals surface area contributed by atoms with Crippen LogP contribution in [0.15, 0.2) is 11.7 Å². The van der Waals surface area contributed by atoms with Crippen molar-refractivity contribution in [3.8, 4) is 0 Å². The first kappa shape index (κ1) is 16.5. The molecule has 0 radical (unpaired) electrons. The average Bonchev–Trinajstić information content (AvgIpc) is 3.32. The van der Waals surface area contributed by atoms with Crippen molar-refractivity contribution in [2.24, 2.45) is 0 Å². The monoisotopic (exact) mass is 370 g/mol. The van der Waals surface area contributed by atoms with E-state index >= 15 is 0 Å². The molecule has 2 aromatic heterocycles. The molecule has 2 aliphatic heterocycles. The topological polar surface area (TPSA) is 52.2 Å². The van der Waals surface area contributed by atoms with Gasteiger partial charge in [0, 0.05) is 42.0 Å². The van der Waals surface area contributed by atoms with Gasteiger partial charge in [0.05, 0.1) is 23.1 Å². The smallest absolute Gasteiger partial charge is 0.254 e. The summed E-state index contributed by atoms with van der Waals surface area (Å²) in [5, 5.41) is 2.11. The van der Waals surface area contributed by atoms with Crippen LogP contribution in [0.1, 0.15) is 57.9 Å². The number of aromatic nitrogens is 2. The third-order valence-electron chi connectivity index (χ3n) is 6.76. The maximum atomic E-state index is 13.2. The molecule has 138 valence electrons. The van der Waals surface area contributed by atoms with Gasteiger partial charge in [-0.1, -0.05) is 0 Å². The fourth-order valence-corrected chi connectivity index (χ4v) is 6.25. The lowest BCUT2D eigenvalue weighted by Crippen LogP contribution is -2.55. The summed E-state index contributed by atoms with van der Waals surface area (Å²) in [6, 6.07) is 0. The Morgan fingerprint density at radius 2 is 2.00 bits per heavy atom. The zero-order valence-electron chi connectivity index (χ0n) is 15.4. The van der Waals surface area contributed by atoms with Gasteiger partial charge in [0.15, 0.2) is 0 Å². The van der Waals surface area contributed by atoms with Crippen molar-refractivity contribution in [3.63, 3.8) is 0 Å². The Balaban J connectivity index is 1.37. The number of hydrogen-bond acceptors (Lipinski definition) is 4. The first-order chi connectivity index (χ1) is 12.7. The summed E-state index contributed by atoms with van der Waals surface area (Å²) < 4.78 is 0. The highest BCUT2D eigenvalue weighted by Gasteiger charge is 2.45. The third kappa shape index (κ3) is 2.38. The molecule has 0 unspecified atom stereocenters. The zero-order valence-corrected chi connectivity index (χ0v) is 16.2. The number of amides is 1. The fourth-order valence-electron chi connectivity index (χ4n) is 5.13. The van der Waals surface area contributed by atoms with Crippen molar-refractivity contribution in [2.75, 3.05) is 26.7 Å². The van der Waals surface area contributed by atoms with Gasteiger partial charge in [0.1, 0.15) is 0 Å². The van der Waals surface area contributed by atoms with Crippen LogP contribution in [0.3, 0.4) is 0 Å². The van der Waals surface area contributed by atoms with Crippen LogP contribution >= 0.6 is 11.3 Å². The predicted molar refractivity (Wildman–Crippen MR) is 103 cm³/mol. The van der Waals surface area contributed by atoms with E-state index in [2.05, 4.69) is 32.2 Å².